The summed E-state index contributed by atoms with van der Waals surface area (Å²) in [7, 11) is 0. The molecule has 0 saturated heterocycles. The smallest absolute Gasteiger partial charge is 0.326 e. The summed E-state index contributed by atoms with van der Waals surface area (Å²) in [4.78, 5) is 23.9. The SMILES string of the molecule is O=C(N[C@@H](Cc1ccccc1)C(=O)O)c1ccc2c(c1)no[n+]2[O-]. The fourth-order valence-electron chi connectivity index (χ4n) is 2.31. The summed E-state index contributed by atoms with van der Waals surface area (Å²) in [5.41, 5.74) is 1.39. The summed E-state index contributed by atoms with van der Waals surface area (Å²) >= 11 is 0. The van der Waals surface area contributed by atoms with Crippen LogP contribution in [-0.2, 0) is 11.2 Å². The van der Waals surface area contributed by atoms with Crippen LogP contribution >= 0.6 is 0 Å². The number of nitrogens with zero attached hydrogens (tertiary/aromatic N) is 2. The number of rotatable bonds is 5. The third kappa shape index (κ3) is 3.17. The van der Waals surface area contributed by atoms with Gasteiger partial charge >= 0.3 is 5.97 Å². The summed E-state index contributed by atoms with van der Waals surface area (Å²) in [5, 5.41) is 26.6. The zero-order valence-corrected chi connectivity index (χ0v) is 12.4. The number of nitrogens with one attached hydrogen (secondary N) is 1. The maximum Gasteiger partial charge on any atom is 0.326 e. The van der Waals surface area contributed by atoms with Crippen molar-refractivity contribution in [3.05, 3.63) is 64.9 Å². The van der Waals surface area contributed by atoms with Crippen molar-refractivity contribution in [1.29, 1.82) is 0 Å². The zero-order valence-electron chi connectivity index (χ0n) is 12.4. The van der Waals surface area contributed by atoms with Gasteiger partial charge < -0.3 is 15.6 Å². The number of benzene rings is 2. The molecule has 1 amide bonds. The van der Waals surface area contributed by atoms with Crippen molar-refractivity contribution >= 4 is 22.9 Å². The molecule has 0 bridgehead atoms. The first kappa shape index (κ1) is 15.5. The Morgan fingerprint density at radius 2 is 2.00 bits per heavy atom. The highest BCUT2D eigenvalue weighted by Gasteiger charge is 2.22. The zero-order chi connectivity index (χ0) is 17.1. The van der Waals surface area contributed by atoms with Crippen molar-refractivity contribution in [3.63, 3.8) is 0 Å². The second-order valence-corrected chi connectivity index (χ2v) is 5.19. The highest BCUT2D eigenvalue weighted by molar-refractivity contribution is 5.98. The van der Waals surface area contributed by atoms with Crippen molar-refractivity contribution in [1.82, 2.24) is 10.5 Å². The predicted molar refractivity (Wildman–Crippen MR) is 82.0 cm³/mol. The molecule has 3 rings (SSSR count). The minimum absolute atomic E-state index is 0.161. The average Bonchev–Trinajstić information content (AvgIpc) is 2.95. The van der Waals surface area contributed by atoms with Gasteiger partial charge in [0.2, 0.25) is 11.0 Å². The fourth-order valence-corrected chi connectivity index (χ4v) is 2.31. The lowest BCUT2D eigenvalue weighted by molar-refractivity contribution is -0.782. The minimum Gasteiger partial charge on any atom is -0.480 e. The molecule has 1 aromatic heterocycles. The molecule has 8 heteroatoms. The Balaban J connectivity index is 1.78. The number of carbonyl (C=O) groups excluding carboxylic acids is 1. The van der Waals surface area contributed by atoms with Crippen LogP contribution in [-0.4, -0.2) is 28.2 Å². The minimum atomic E-state index is -1.13. The lowest BCUT2D eigenvalue weighted by Gasteiger charge is -2.14. The van der Waals surface area contributed by atoms with Crippen LogP contribution in [0.5, 0.6) is 0 Å². The van der Waals surface area contributed by atoms with E-state index in [1.54, 1.807) is 24.3 Å². The van der Waals surface area contributed by atoms with Crippen LogP contribution in [0.4, 0.5) is 0 Å². The molecule has 0 spiro atoms. The Hall–Kier alpha value is -3.42. The van der Waals surface area contributed by atoms with E-state index < -0.39 is 17.9 Å². The van der Waals surface area contributed by atoms with Crippen molar-refractivity contribution in [3.8, 4) is 0 Å². The van der Waals surface area contributed by atoms with Crippen molar-refractivity contribution in [2.75, 3.05) is 0 Å². The standard InChI is InChI=1S/C16H13N3O5/c20-15(11-6-7-14-12(9-11)18-24-19(14)23)17-13(16(21)22)8-10-4-2-1-3-5-10/h1-7,9,13H,8H2,(H,17,20)(H,21,22)/t13-/m0/s1. The molecule has 0 fully saturated rings. The normalized spacial score (nSPS) is 12.0. The number of hydrogen-bond acceptors (Lipinski definition) is 5. The van der Waals surface area contributed by atoms with Gasteiger partial charge in [-0.1, -0.05) is 30.3 Å². The second kappa shape index (κ2) is 6.37. The fraction of sp³-hybridized carbons (Fsp3) is 0.125. The van der Waals surface area contributed by atoms with Crippen LogP contribution in [0.15, 0.2) is 53.2 Å². The van der Waals surface area contributed by atoms with E-state index in [0.29, 0.717) is 0 Å². The van der Waals surface area contributed by atoms with Crippen molar-refractivity contribution < 1.29 is 24.2 Å². The number of amides is 1. The Labute approximate surface area is 135 Å². The molecule has 0 aliphatic carbocycles. The monoisotopic (exact) mass is 327 g/mol. The number of carboxylic acids is 1. The number of aromatic nitrogens is 2. The summed E-state index contributed by atoms with van der Waals surface area (Å²) < 4.78 is 4.43. The molecule has 2 aromatic carbocycles. The van der Waals surface area contributed by atoms with Gasteiger partial charge in [-0.3, -0.25) is 9.42 Å². The molecular weight excluding hydrogens is 314 g/mol. The Morgan fingerprint density at radius 3 is 2.71 bits per heavy atom. The molecule has 1 heterocycles. The van der Waals surface area contributed by atoms with E-state index in [-0.39, 0.29) is 27.9 Å². The molecule has 0 aliphatic heterocycles. The van der Waals surface area contributed by atoms with Crippen LogP contribution in [0.1, 0.15) is 15.9 Å². The first-order chi connectivity index (χ1) is 11.5. The van der Waals surface area contributed by atoms with Gasteiger partial charge in [0.15, 0.2) is 0 Å². The van der Waals surface area contributed by atoms with E-state index in [1.165, 1.54) is 18.2 Å². The van der Waals surface area contributed by atoms with Crippen LogP contribution < -0.4 is 10.2 Å². The number of hydrogen-bond donors (Lipinski definition) is 2. The van der Waals surface area contributed by atoms with Crippen molar-refractivity contribution in [2.24, 2.45) is 0 Å². The molecule has 2 N–H and O–H groups in total. The molecule has 1 atom stereocenters. The molecule has 3 aromatic rings. The topological polar surface area (TPSA) is 119 Å². The lowest BCUT2D eigenvalue weighted by Crippen LogP contribution is -2.42. The van der Waals surface area contributed by atoms with E-state index in [2.05, 4.69) is 15.1 Å². The third-order valence-corrected chi connectivity index (χ3v) is 3.53. The van der Waals surface area contributed by atoms with E-state index >= 15 is 0 Å². The Morgan fingerprint density at radius 1 is 1.25 bits per heavy atom. The van der Waals surface area contributed by atoms with Gasteiger partial charge in [-0.15, -0.1) is 0 Å². The van der Waals surface area contributed by atoms with Crippen molar-refractivity contribution in [2.45, 2.75) is 12.5 Å². The van der Waals surface area contributed by atoms with Crippen LogP contribution in [0.25, 0.3) is 11.0 Å². The number of aliphatic carboxylic acids is 1. The van der Waals surface area contributed by atoms with E-state index in [9.17, 15) is 19.9 Å². The largest absolute Gasteiger partial charge is 0.480 e. The molecule has 122 valence electrons. The van der Waals surface area contributed by atoms with Gasteiger partial charge in [0.1, 0.15) is 6.04 Å². The van der Waals surface area contributed by atoms with Gasteiger partial charge in [-0.05, 0) is 22.6 Å². The van der Waals surface area contributed by atoms with Gasteiger partial charge in [0, 0.05) is 23.2 Å². The summed E-state index contributed by atoms with van der Waals surface area (Å²) in [6.07, 6.45) is 0.161. The Bertz CT molecular complexity index is 891. The lowest BCUT2D eigenvalue weighted by atomic mass is 10.1. The molecule has 8 nitrogen and oxygen atoms in total. The molecule has 0 unspecified atom stereocenters. The maximum absolute atomic E-state index is 12.3. The van der Waals surface area contributed by atoms with Crippen LogP contribution in [0.3, 0.4) is 0 Å². The van der Waals surface area contributed by atoms with E-state index in [1.807, 2.05) is 6.07 Å². The quantitative estimate of drug-likeness (QED) is 0.672. The number of fused-ring (bicyclic) bond motifs is 1. The first-order valence-electron chi connectivity index (χ1n) is 7.11. The van der Waals surface area contributed by atoms with Gasteiger partial charge in [0.05, 0.1) is 0 Å². The third-order valence-electron chi connectivity index (χ3n) is 3.53. The molecule has 0 radical (unpaired) electrons. The Kier molecular flexibility index (Phi) is 4.11. The van der Waals surface area contributed by atoms with E-state index in [0.717, 1.165) is 5.56 Å². The van der Waals surface area contributed by atoms with Gasteiger partial charge in [-0.2, -0.15) is 0 Å². The molecule has 24 heavy (non-hydrogen) atoms. The predicted octanol–water partition coefficient (Wildman–Crippen LogP) is 0.887. The number of carboxylic acid groups (broad SMARTS) is 1. The van der Waals surface area contributed by atoms with Gasteiger partial charge in [-0.25, -0.2) is 4.79 Å². The highest BCUT2D eigenvalue weighted by Crippen LogP contribution is 2.11. The summed E-state index contributed by atoms with van der Waals surface area (Å²) in [5.74, 6) is -1.70. The average molecular weight is 327 g/mol. The first-order valence-corrected chi connectivity index (χ1v) is 7.11. The number of carbonyl (C=O) groups is 2. The molecule has 0 aliphatic rings. The van der Waals surface area contributed by atoms with Gasteiger partial charge in [0.25, 0.3) is 5.91 Å². The van der Waals surface area contributed by atoms with Crippen LogP contribution in [0, 0.1) is 5.21 Å². The maximum atomic E-state index is 12.3. The molecule has 0 saturated carbocycles. The van der Waals surface area contributed by atoms with E-state index in [4.69, 9.17) is 0 Å². The molecular formula is C16H13N3O5. The summed E-state index contributed by atoms with van der Waals surface area (Å²) in [6.45, 7) is 0. The second-order valence-electron chi connectivity index (χ2n) is 5.19. The summed E-state index contributed by atoms with van der Waals surface area (Å²) in [6, 6.07) is 12.1. The van der Waals surface area contributed by atoms with Crippen LogP contribution in [0.2, 0.25) is 0 Å². The highest BCUT2D eigenvalue weighted by atomic mass is 16.8.